The Bertz CT molecular complexity index is 883. The van der Waals surface area contributed by atoms with Crippen molar-refractivity contribution in [1.29, 1.82) is 0 Å². The van der Waals surface area contributed by atoms with E-state index in [2.05, 4.69) is 34.7 Å². The van der Waals surface area contributed by atoms with Gasteiger partial charge in [0.05, 0.1) is 12.1 Å². The zero-order valence-corrected chi connectivity index (χ0v) is 16.3. The van der Waals surface area contributed by atoms with E-state index in [1.165, 1.54) is 5.56 Å². The largest absolute Gasteiger partial charge is 0.341 e. The Kier molecular flexibility index (Phi) is 5.05. The lowest BCUT2D eigenvalue weighted by Crippen LogP contribution is -2.41. The lowest BCUT2D eigenvalue weighted by molar-refractivity contribution is 0.0781. The van der Waals surface area contributed by atoms with E-state index in [1.54, 1.807) is 18.0 Å². The molecule has 2 N–H and O–H groups in total. The van der Waals surface area contributed by atoms with Gasteiger partial charge >= 0.3 is 6.03 Å². The first-order valence-corrected chi connectivity index (χ1v) is 9.74. The standard InChI is InChI=1S/C22H26N4O2/c1-25-13-11-19(20(25)16-6-4-3-5-7-16)24-22(28)23-17-9-8-15-10-12-26(2)21(27)18(15)14-17/h3-9,14,19-20H,10-13H2,1-2H3,(H2,23,24,28)/t19-,20+/m1/s1. The molecule has 146 valence electrons. The van der Waals surface area contributed by atoms with Crippen LogP contribution in [-0.4, -0.2) is 55.0 Å². The van der Waals surface area contributed by atoms with E-state index in [0.29, 0.717) is 11.3 Å². The van der Waals surface area contributed by atoms with Crippen LogP contribution in [0.15, 0.2) is 48.5 Å². The highest BCUT2D eigenvalue weighted by molar-refractivity contribution is 5.99. The number of nitrogens with zero attached hydrogens (tertiary/aromatic N) is 2. The maximum atomic E-state index is 12.6. The summed E-state index contributed by atoms with van der Waals surface area (Å²) < 4.78 is 0. The minimum atomic E-state index is -0.238. The smallest absolute Gasteiger partial charge is 0.319 e. The van der Waals surface area contributed by atoms with Gasteiger partial charge in [0.25, 0.3) is 5.91 Å². The molecule has 2 aromatic rings. The van der Waals surface area contributed by atoms with Crippen LogP contribution in [0.25, 0.3) is 0 Å². The quantitative estimate of drug-likeness (QED) is 0.863. The summed E-state index contributed by atoms with van der Waals surface area (Å²) in [6, 6.07) is 15.8. The fourth-order valence-corrected chi connectivity index (χ4v) is 4.24. The number of likely N-dealkylation sites (tertiary alicyclic amines) is 1. The molecule has 6 nitrogen and oxygen atoms in total. The predicted molar refractivity (Wildman–Crippen MR) is 109 cm³/mol. The number of benzene rings is 2. The van der Waals surface area contributed by atoms with Crippen LogP contribution >= 0.6 is 0 Å². The van der Waals surface area contributed by atoms with Crippen molar-refractivity contribution < 1.29 is 9.59 Å². The highest BCUT2D eigenvalue weighted by Crippen LogP contribution is 2.31. The Hall–Kier alpha value is -2.86. The molecule has 1 fully saturated rings. The monoisotopic (exact) mass is 378 g/mol. The molecule has 4 rings (SSSR count). The van der Waals surface area contributed by atoms with Crippen LogP contribution in [-0.2, 0) is 6.42 Å². The van der Waals surface area contributed by atoms with E-state index in [0.717, 1.165) is 31.5 Å². The SMILES string of the molecule is CN1CCc2ccc(NC(=O)N[C@@H]3CCN(C)[C@H]3c3ccccc3)cc2C1=O. The van der Waals surface area contributed by atoms with Gasteiger partial charge in [-0.2, -0.15) is 0 Å². The fourth-order valence-electron chi connectivity index (χ4n) is 4.24. The average Bonchev–Trinajstić information content (AvgIpc) is 3.05. The van der Waals surface area contributed by atoms with Gasteiger partial charge in [-0.15, -0.1) is 0 Å². The number of carbonyl (C=O) groups is 2. The van der Waals surface area contributed by atoms with Crippen molar-refractivity contribution in [2.45, 2.75) is 24.9 Å². The summed E-state index contributed by atoms with van der Waals surface area (Å²) >= 11 is 0. The number of fused-ring (bicyclic) bond motifs is 1. The molecule has 3 amide bonds. The molecule has 2 aliphatic rings. The summed E-state index contributed by atoms with van der Waals surface area (Å²) in [6.07, 6.45) is 1.74. The van der Waals surface area contributed by atoms with Crippen LogP contribution in [0, 0.1) is 0 Å². The maximum Gasteiger partial charge on any atom is 0.319 e. The molecule has 0 unspecified atom stereocenters. The van der Waals surface area contributed by atoms with Gasteiger partial charge < -0.3 is 15.5 Å². The van der Waals surface area contributed by atoms with E-state index >= 15 is 0 Å². The zero-order chi connectivity index (χ0) is 19.7. The zero-order valence-electron chi connectivity index (χ0n) is 16.3. The number of hydrogen-bond acceptors (Lipinski definition) is 3. The third kappa shape index (κ3) is 3.60. The molecule has 28 heavy (non-hydrogen) atoms. The van der Waals surface area contributed by atoms with Gasteiger partial charge in [0.15, 0.2) is 0 Å². The summed E-state index contributed by atoms with van der Waals surface area (Å²) in [5.74, 6) is 0.00636. The first-order valence-electron chi connectivity index (χ1n) is 9.74. The Morgan fingerprint density at radius 1 is 1.07 bits per heavy atom. The number of rotatable bonds is 3. The number of urea groups is 1. The molecular weight excluding hydrogens is 352 g/mol. The van der Waals surface area contributed by atoms with Crippen LogP contribution in [0.4, 0.5) is 10.5 Å². The van der Waals surface area contributed by atoms with Gasteiger partial charge in [-0.3, -0.25) is 9.69 Å². The second-order valence-electron chi connectivity index (χ2n) is 7.68. The number of nitrogens with one attached hydrogen (secondary N) is 2. The van der Waals surface area contributed by atoms with Gasteiger partial charge in [0.2, 0.25) is 0 Å². The lowest BCUT2D eigenvalue weighted by atomic mass is 9.98. The number of likely N-dealkylation sites (N-methyl/N-ethyl adjacent to an activating group) is 2. The van der Waals surface area contributed by atoms with Crippen molar-refractivity contribution in [3.8, 4) is 0 Å². The summed E-state index contributed by atoms with van der Waals surface area (Å²) in [7, 11) is 3.89. The molecule has 0 spiro atoms. The summed E-state index contributed by atoms with van der Waals surface area (Å²) in [5, 5.41) is 6.02. The Morgan fingerprint density at radius 3 is 2.64 bits per heavy atom. The van der Waals surface area contributed by atoms with Crippen molar-refractivity contribution >= 4 is 17.6 Å². The molecule has 2 heterocycles. The highest BCUT2D eigenvalue weighted by atomic mass is 16.2. The summed E-state index contributed by atoms with van der Waals surface area (Å²) in [4.78, 5) is 29.0. The van der Waals surface area contributed by atoms with Crippen LogP contribution < -0.4 is 10.6 Å². The number of hydrogen-bond donors (Lipinski definition) is 2. The van der Waals surface area contributed by atoms with Gasteiger partial charge in [-0.1, -0.05) is 36.4 Å². The average molecular weight is 378 g/mol. The predicted octanol–water partition coefficient (Wildman–Crippen LogP) is 2.88. The van der Waals surface area contributed by atoms with Crippen LogP contribution in [0.5, 0.6) is 0 Å². The van der Waals surface area contributed by atoms with Crippen molar-refractivity contribution in [2.75, 3.05) is 32.5 Å². The van der Waals surface area contributed by atoms with Gasteiger partial charge in [-0.05, 0) is 43.1 Å². The number of amides is 3. The summed E-state index contributed by atoms with van der Waals surface area (Å²) in [6.45, 7) is 1.67. The van der Waals surface area contributed by atoms with E-state index in [4.69, 9.17) is 0 Å². The molecule has 1 saturated heterocycles. The van der Waals surface area contributed by atoms with E-state index in [-0.39, 0.29) is 24.0 Å². The molecule has 0 aliphatic carbocycles. The second-order valence-corrected chi connectivity index (χ2v) is 7.68. The number of carbonyl (C=O) groups excluding carboxylic acids is 2. The van der Waals surface area contributed by atoms with Crippen LogP contribution in [0.2, 0.25) is 0 Å². The third-order valence-corrected chi connectivity index (χ3v) is 5.77. The normalized spacial score (nSPS) is 22.1. The van der Waals surface area contributed by atoms with E-state index in [9.17, 15) is 9.59 Å². The van der Waals surface area contributed by atoms with Crippen LogP contribution in [0.3, 0.4) is 0 Å². The van der Waals surface area contributed by atoms with Gasteiger partial charge in [0.1, 0.15) is 0 Å². The first kappa shape index (κ1) is 18.5. The van der Waals surface area contributed by atoms with Crippen molar-refractivity contribution in [3.63, 3.8) is 0 Å². The topological polar surface area (TPSA) is 64.7 Å². The first-order chi connectivity index (χ1) is 13.5. The van der Waals surface area contributed by atoms with Gasteiger partial charge in [-0.25, -0.2) is 4.79 Å². The molecular formula is C22H26N4O2. The Morgan fingerprint density at radius 2 is 1.86 bits per heavy atom. The molecule has 2 atom stereocenters. The highest BCUT2D eigenvalue weighted by Gasteiger charge is 2.34. The third-order valence-electron chi connectivity index (χ3n) is 5.77. The van der Waals surface area contributed by atoms with Gasteiger partial charge in [0, 0.05) is 31.4 Å². The Labute approximate surface area is 165 Å². The summed E-state index contributed by atoms with van der Waals surface area (Å²) in [5.41, 5.74) is 3.56. The van der Waals surface area contributed by atoms with Crippen molar-refractivity contribution in [1.82, 2.24) is 15.1 Å². The number of anilines is 1. The second kappa shape index (κ2) is 7.64. The Balaban J connectivity index is 1.45. The van der Waals surface area contributed by atoms with Crippen LogP contribution in [0.1, 0.15) is 33.9 Å². The molecule has 2 aromatic carbocycles. The molecule has 6 heteroatoms. The molecule has 0 radical (unpaired) electrons. The molecule has 0 bridgehead atoms. The minimum Gasteiger partial charge on any atom is -0.341 e. The maximum absolute atomic E-state index is 12.6. The van der Waals surface area contributed by atoms with Crippen molar-refractivity contribution in [3.05, 3.63) is 65.2 Å². The van der Waals surface area contributed by atoms with Crippen molar-refractivity contribution in [2.24, 2.45) is 0 Å². The minimum absolute atomic E-state index is 0.00636. The fraction of sp³-hybridized carbons (Fsp3) is 0.364. The molecule has 0 saturated carbocycles. The molecule has 2 aliphatic heterocycles. The molecule has 0 aromatic heterocycles. The lowest BCUT2D eigenvalue weighted by Gasteiger charge is -2.27. The van der Waals surface area contributed by atoms with E-state index < -0.39 is 0 Å². The van der Waals surface area contributed by atoms with E-state index in [1.807, 2.05) is 30.3 Å².